The number of aromatic amines is 1. The van der Waals surface area contributed by atoms with Crippen LogP contribution in [0.1, 0.15) is 0 Å². The highest BCUT2D eigenvalue weighted by Gasteiger charge is 2.09. The number of hydrogen-bond acceptors (Lipinski definition) is 4. The maximum absolute atomic E-state index is 10.2. The molecular weight excluding hydrogens is 128 g/mol. The van der Waals surface area contributed by atoms with Crippen molar-refractivity contribution in [2.75, 3.05) is 0 Å². The van der Waals surface area contributed by atoms with Gasteiger partial charge in [0.25, 0.3) is 5.88 Å². The molecule has 0 radical (unpaired) electrons. The molecule has 0 bridgehead atoms. The van der Waals surface area contributed by atoms with E-state index in [1.807, 2.05) is 0 Å². The van der Waals surface area contributed by atoms with Crippen molar-refractivity contribution >= 4 is 0 Å². The van der Waals surface area contributed by atoms with Gasteiger partial charge in [-0.2, -0.15) is 0 Å². The first kappa shape index (κ1) is 5.54. The fraction of sp³-hybridized carbons (Fsp3) is 0. The first-order valence-corrected chi connectivity index (χ1v) is 2.05. The van der Waals surface area contributed by atoms with Gasteiger partial charge in [-0.3, -0.25) is 4.79 Å². The van der Waals surface area contributed by atoms with E-state index >= 15 is 0 Å². The van der Waals surface area contributed by atoms with Crippen LogP contribution >= 0.6 is 0 Å². The number of H-pyrrole nitrogens is 1. The topological polar surface area (TPSA) is 98.5 Å². The number of aromatic hydroxyl groups is 2. The molecule has 6 nitrogen and oxygen atoms in total. The van der Waals surface area contributed by atoms with Crippen LogP contribution in [0.15, 0.2) is 4.79 Å². The van der Waals surface area contributed by atoms with E-state index in [1.54, 1.807) is 5.10 Å². The maximum Gasteiger partial charge on any atom is 0.313 e. The summed E-state index contributed by atoms with van der Waals surface area (Å²) < 4.78 is 0. The first-order valence-electron chi connectivity index (χ1n) is 2.05. The minimum atomic E-state index is -0.935. The molecule has 4 N–H and O–H groups in total. The predicted molar refractivity (Wildman–Crippen MR) is 25.6 cm³/mol. The Morgan fingerprint density at radius 3 is 2.11 bits per heavy atom. The van der Waals surface area contributed by atoms with Gasteiger partial charge in [0.1, 0.15) is 0 Å². The molecule has 6 heteroatoms. The van der Waals surface area contributed by atoms with Gasteiger partial charge in [0.05, 0.1) is 0 Å². The molecule has 1 heterocycles. The Kier molecular flexibility index (Phi) is 0.888. The van der Waals surface area contributed by atoms with Crippen molar-refractivity contribution in [2.45, 2.75) is 0 Å². The molecule has 0 aliphatic carbocycles. The summed E-state index contributed by atoms with van der Waals surface area (Å²) in [5, 5.41) is 27.0. The Morgan fingerprint density at radius 2 is 2.00 bits per heavy atom. The van der Waals surface area contributed by atoms with Crippen LogP contribution in [0.4, 0.5) is 0 Å². The van der Waals surface area contributed by atoms with Gasteiger partial charge in [-0.05, 0) is 0 Å². The van der Waals surface area contributed by atoms with Crippen molar-refractivity contribution in [1.29, 1.82) is 0 Å². The van der Waals surface area contributed by atoms with Crippen LogP contribution in [-0.2, 0) is 0 Å². The van der Waals surface area contributed by atoms with Crippen LogP contribution < -0.4 is 5.56 Å². The average Bonchev–Trinajstić information content (AvgIpc) is 1.98. The van der Waals surface area contributed by atoms with Crippen LogP contribution in [0.2, 0.25) is 0 Å². The summed E-state index contributed by atoms with van der Waals surface area (Å²) in [4.78, 5) is 10.2. The molecule has 0 saturated carbocycles. The van der Waals surface area contributed by atoms with E-state index in [0.717, 1.165) is 0 Å². The van der Waals surface area contributed by atoms with Crippen LogP contribution in [0, 0.1) is 0 Å². The van der Waals surface area contributed by atoms with Gasteiger partial charge in [-0.15, -0.1) is 0 Å². The predicted octanol–water partition coefficient (Wildman–Crippen LogP) is -1.18. The van der Waals surface area contributed by atoms with Crippen LogP contribution in [-0.4, -0.2) is 25.4 Å². The molecule has 9 heavy (non-hydrogen) atoms. The Morgan fingerprint density at radius 1 is 1.44 bits per heavy atom. The molecule has 0 spiro atoms. The van der Waals surface area contributed by atoms with Crippen LogP contribution in [0.3, 0.4) is 0 Å². The van der Waals surface area contributed by atoms with E-state index in [-0.39, 0.29) is 4.85 Å². The number of rotatable bonds is 0. The number of aromatic nitrogens is 2. The second-order valence-electron chi connectivity index (χ2n) is 1.42. The second-order valence-corrected chi connectivity index (χ2v) is 1.42. The third-order valence-electron chi connectivity index (χ3n) is 0.835. The van der Waals surface area contributed by atoms with Crippen molar-refractivity contribution in [3.05, 3.63) is 10.4 Å². The number of nitrogens with one attached hydrogen (secondary N) is 1. The minimum absolute atomic E-state index is 0.0255. The molecular formula is C3H4N2O4. The van der Waals surface area contributed by atoms with E-state index in [0.29, 0.717) is 0 Å². The monoisotopic (exact) mass is 132 g/mol. The molecule has 1 rings (SSSR count). The minimum Gasteiger partial charge on any atom is -0.499 e. The normalized spacial score (nSPS) is 9.78. The van der Waals surface area contributed by atoms with Crippen molar-refractivity contribution in [2.24, 2.45) is 0 Å². The van der Waals surface area contributed by atoms with E-state index in [1.165, 1.54) is 0 Å². The molecule has 0 aromatic carbocycles. The zero-order valence-corrected chi connectivity index (χ0v) is 4.20. The number of hydrogen-bond donors (Lipinski definition) is 4. The maximum atomic E-state index is 10.2. The van der Waals surface area contributed by atoms with Crippen molar-refractivity contribution in [1.82, 2.24) is 9.94 Å². The Balaban J connectivity index is 3.47. The zero-order valence-electron chi connectivity index (χ0n) is 4.20. The van der Waals surface area contributed by atoms with Crippen molar-refractivity contribution in [3.8, 4) is 11.6 Å². The van der Waals surface area contributed by atoms with E-state index in [4.69, 9.17) is 15.4 Å². The standard InChI is InChI=1S/C3H4N2O4/c6-1-2(7)4-5(9)3(1)8/h6,8-9H,(H,4,7). The zero-order chi connectivity index (χ0) is 7.02. The highest BCUT2D eigenvalue weighted by molar-refractivity contribution is 5.26. The summed E-state index contributed by atoms with van der Waals surface area (Å²) in [6, 6.07) is 0. The summed E-state index contributed by atoms with van der Waals surface area (Å²) in [6.07, 6.45) is 0. The molecule has 1 aromatic heterocycles. The second kappa shape index (κ2) is 1.44. The van der Waals surface area contributed by atoms with E-state index in [9.17, 15) is 4.79 Å². The van der Waals surface area contributed by atoms with E-state index in [2.05, 4.69) is 0 Å². The Bertz CT molecular complexity index is 272. The fourth-order valence-corrected chi connectivity index (χ4v) is 0.404. The highest BCUT2D eigenvalue weighted by atomic mass is 16.5. The molecule has 0 amide bonds. The van der Waals surface area contributed by atoms with Gasteiger partial charge in [-0.1, -0.05) is 4.85 Å². The lowest BCUT2D eigenvalue weighted by atomic mass is 10.6. The van der Waals surface area contributed by atoms with Crippen LogP contribution in [0.5, 0.6) is 11.6 Å². The lowest BCUT2D eigenvalue weighted by Crippen LogP contribution is -2.01. The SMILES string of the molecule is O=c1[nH]n(O)c(O)c1O. The molecule has 0 aliphatic heterocycles. The van der Waals surface area contributed by atoms with E-state index < -0.39 is 17.2 Å². The van der Waals surface area contributed by atoms with Gasteiger partial charge in [-0.25, -0.2) is 5.10 Å². The summed E-state index contributed by atoms with van der Waals surface area (Å²) in [5.41, 5.74) is -0.935. The molecule has 1 aromatic rings. The smallest absolute Gasteiger partial charge is 0.313 e. The summed E-state index contributed by atoms with van der Waals surface area (Å²) in [7, 11) is 0. The summed E-state index contributed by atoms with van der Waals surface area (Å²) >= 11 is 0. The summed E-state index contributed by atoms with van der Waals surface area (Å²) in [6.45, 7) is 0. The fourth-order valence-electron chi connectivity index (χ4n) is 0.404. The lowest BCUT2D eigenvalue weighted by molar-refractivity contribution is 0.118. The van der Waals surface area contributed by atoms with Gasteiger partial charge in [0, 0.05) is 0 Å². The average molecular weight is 132 g/mol. The number of nitrogens with zero attached hydrogens (tertiary/aromatic N) is 1. The molecule has 0 atom stereocenters. The Labute approximate surface area is 48.5 Å². The molecule has 0 aliphatic rings. The third kappa shape index (κ3) is 0.600. The van der Waals surface area contributed by atoms with Gasteiger partial charge < -0.3 is 15.4 Å². The summed E-state index contributed by atoms with van der Waals surface area (Å²) in [5.74, 6) is -1.78. The van der Waals surface area contributed by atoms with Gasteiger partial charge in [0.2, 0.25) is 5.75 Å². The largest absolute Gasteiger partial charge is 0.499 e. The van der Waals surface area contributed by atoms with Gasteiger partial charge in [0.15, 0.2) is 0 Å². The van der Waals surface area contributed by atoms with Gasteiger partial charge >= 0.3 is 5.56 Å². The molecule has 50 valence electrons. The lowest BCUT2D eigenvalue weighted by Gasteiger charge is -1.87. The highest BCUT2D eigenvalue weighted by Crippen LogP contribution is 2.15. The molecule has 0 unspecified atom stereocenters. The van der Waals surface area contributed by atoms with Crippen LogP contribution in [0.25, 0.3) is 0 Å². The quantitative estimate of drug-likeness (QED) is 0.334. The Hall–Kier alpha value is -1.59. The molecule has 0 fully saturated rings. The third-order valence-corrected chi connectivity index (χ3v) is 0.835. The van der Waals surface area contributed by atoms with Crippen molar-refractivity contribution in [3.63, 3.8) is 0 Å². The first-order chi connectivity index (χ1) is 4.13. The van der Waals surface area contributed by atoms with Crippen molar-refractivity contribution < 1.29 is 15.4 Å². The molecule has 0 saturated heterocycles.